The minimum atomic E-state index is -4.57. The van der Waals surface area contributed by atoms with Gasteiger partial charge in [0.25, 0.3) is 0 Å². The first-order chi connectivity index (χ1) is 14.4. The molecule has 0 radical (unpaired) electrons. The summed E-state index contributed by atoms with van der Waals surface area (Å²) in [7, 11) is -2.81. The van der Waals surface area contributed by atoms with Crippen molar-refractivity contribution >= 4 is 27.8 Å². The number of rotatable bonds is 7. The molecule has 172 valence electrons. The van der Waals surface area contributed by atoms with E-state index >= 15 is 0 Å². The summed E-state index contributed by atoms with van der Waals surface area (Å²) >= 11 is 0. The van der Waals surface area contributed by atoms with E-state index in [-0.39, 0.29) is 50.5 Å². The minimum Gasteiger partial charge on any atom is -0.469 e. The lowest BCUT2D eigenvalue weighted by Gasteiger charge is -2.34. The van der Waals surface area contributed by atoms with Gasteiger partial charge in [-0.3, -0.25) is 14.4 Å². The predicted molar refractivity (Wildman–Crippen MR) is 101 cm³/mol. The number of ether oxygens (including phenoxy) is 1. The second-order valence-corrected chi connectivity index (χ2v) is 8.60. The molecule has 0 aromatic heterocycles. The Balaban J connectivity index is 1.86. The number of nitrogens with one attached hydrogen (secondary N) is 1. The average molecular weight is 465 g/mol. The number of sulfonamides is 1. The molecule has 0 spiro atoms. The maximum Gasteiger partial charge on any atom is 0.416 e. The van der Waals surface area contributed by atoms with E-state index in [1.54, 1.807) is 0 Å². The molecule has 0 saturated carbocycles. The van der Waals surface area contributed by atoms with E-state index in [0.29, 0.717) is 12.1 Å². The average Bonchev–Trinajstić information content (AvgIpc) is 2.75. The molecule has 1 saturated heterocycles. The van der Waals surface area contributed by atoms with Gasteiger partial charge < -0.3 is 15.0 Å². The highest BCUT2D eigenvalue weighted by molar-refractivity contribution is 7.89. The van der Waals surface area contributed by atoms with Crippen LogP contribution in [0.2, 0.25) is 0 Å². The fourth-order valence-corrected chi connectivity index (χ4v) is 4.26. The van der Waals surface area contributed by atoms with Gasteiger partial charge in [-0.15, -0.1) is 0 Å². The molecule has 1 aromatic carbocycles. The van der Waals surface area contributed by atoms with Crippen molar-refractivity contribution in [1.29, 1.82) is 0 Å². The molecule has 1 aliphatic heterocycles. The van der Waals surface area contributed by atoms with Gasteiger partial charge in [0.05, 0.1) is 30.5 Å². The van der Waals surface area contributed by atoms with E-state index in [2.05, 4.69) is 10.1 Å². The zero-order valence-corrected chi connectivity index (χ0v) is 17.5. The van der Waals surface area contributed by atoms with Crippen LogP contribution in [0.15, 0.2) is 29.2 Å². The quantitative estimate of drug-likeness (QED) is 0.591. The molecule has 2 amide bonds. The summed E-state index contributed by atoms with van der Waals surface area (Å²) < 4.78 is 68.7. The third-order valence-corrected chi connectivity index (χ3v) is 6.54. The van der Waals surface area contributed by atoms with Gasteiger partial charge in [0.15, 0.2) is 0 Å². The van der Waals surface area contributed by atoms with Crippen molar-refractivity contribution in [1.82, 2.24) is 14.5 Å². The third kappa shape index (κ3) is 6.66. The maximum absolute atomic E-state index is 12.7. The number of methoxy groups -OCH3 is 1. The van der Waals surface area contributed by atoms with E-state index < -0.39 is 39.5 Å². The molecular weight excluding hydrogens is 443 g/mol. The number of nitrogens with zero attached hydrogens (tertiary/aromatic N) is 2. The highest BCUT2D eigenvalue weighted by Gasteiger charge is 2.33. The van der Waals surface area contributed by atoms with Crippen molar-refractivity contribution in [2.24, 2.45) is 0 Å². The lowest BCUT2D eigenvalue weighted by molar-refractivity contribution is -0.142. The van der Waals surface area contributed by atoms with E-state index in [1.807, 2.05) is 0 Å². The molecule has 9 nitrogen and oxygen atoms in total. The number of carbonyl (C=O) groups excluding carboxylic acids is 3. The largest absolute Gasteiger partial charge is 0.469 e. The molecule has 31 heavy (non-hydrogen) atoms. The van der Waals surface area contributed by atoms with Crippen LogP contribution in [0.5, 0.6) is 0 Å². The number of benzene rings is 1. The number of halogens is 3. The molecule has 1 N–H and O–H groups in total. The Morgan fingerprint density at radius 3 is 2.13 bits per heavy atom. The van der Waals surface area contributed by atoms with Gasteiger partial charge in [0.1, 0.15) is 0 Å². The highest BCUT2D eigenvalue weighted by atomic mass is 32.2. The first kappa shape index (κ1) is 24.6. The second-order valence-electron chi connectivity index (χ2n) is 6.66. The minimum absolute atomic E-state index is 0.0363. The monoisotopic (exact) mass is 465 g/mol. The van der Waals surface area contributed by atoms with E-state index in [0.717, 1.165) is 16.4 Å². The zero-order valence-electron chi connectivity index (χ0n) is 16.6. The summed E-state index contributed by atoms with van der Waals surface area (Å²) in [5.41, 5.74) is -0.949. The number of piperazine rings is 1. The van der Waals surface area contributed by atoms with Gasteiger partial charge >= 0.3 is 12.1 Å². The van der Waals surface area contributed by atoms with Crippen LogP contribution in [0.4, 0.5) is 13.2 Å². The van der Waals surface area contributed by atoms with E-state index in [9.17, 15) is 36.0 Å². The predicted octanol–water partition coefficient (Wildman–Crippen LogP) is 0.608. The molecular formula is C18H22F3N3O6S. The van der Waals surface area contributed by atoms with Crippen LogP contribution in [-0.4, -0.2) is 75.2 Å². The molecule has 1 aliphatic rings. The first-order valence-electron chi connectivity index (χ1n) is 9.24. The Labute approximate surface area is 177 Å². The Hall–Kier alpha value is -2.67. The summed E-state index contributed by atoms with van der Waals surface area (Å²) in [5.74, 6) is -1.47. The molecule has 0 unspecified atom stereocenters. The standard InChI is InChI=1S/C18H22F3N3O6S/c1-30-17(27)7-6-15(25)22-12-16(26)23-8-10-24(11-9-23)31(28,29)14-4-2-13(3-5-14)18(19,20)21/h2-5H,6-12H2,1H3,(H,22,25). The topological polar surface area (TPSA) is 113 Å². The lowest BCUT2D eigenvalue weighted by Crippen LogP contribution is -2.52. The fraction of sp³-hybridized carbons (Fsp3) is 0.500. The number of esters is 1. The van der Waals surface area contributed by atoms with Crippen molar-refractivity contribution in [3.8, 4) is 0 Å². The number of amides is 2. The first-order valence-corrected chi connectivity index (χ1v) is 10.7. The molecule has 0 atom stereocenters. The Kier molecular flexibility index (Phi) is 8.01. The molecule has 1 aromatic rings. The van der Waals surface area contributed by atoms with Crippen molar-refractivity contribution < 1.29 is 40.7 Å². The van der Waals surface area contributed by atoms with Crippen molar-refractivity contribution in [2.75, 3.05) is 39.8 Å². The SMILES string of the molecule is COC(=O)CCC(=O)NCC(=O)N1CCN(S(=O)(=O)c2ccc(C(F)(F)F)cc2)CC1. The molecule has 1 fully saturated rings. The third-order valence-electron chi connectivity index (χ3n) is 4.63. The summed E-state index contributed by atoms with van der Waals surface area (Å²) in [6.45, 7) is -0.240. The Morgan fingerprint density at radius 2 is 1.61 bits per heavy atom. The molecule has 0 bridgehead atoms. The molecule has 13 heteroatoms. The van der Waals surface area contributed by atoms with Crippen molar-refractivity contribution in [3.05, 3.63) is 29.8 Å². The van der Waals surface area contributed by atoms with Gasteiger partial charge in [0.2, 0.25) is 21.8 Å². The van der Waals surface area contributed by atoms with Gasteiger partial charge in [-0.1, -0.05) is 0 Å². The summed E-state index contributed by atoms with van der Waals surface area (Å²) in [6, 6.07) is 3.21. The van der Waals surface area contributed by atoms with Crippen LogP contribution >= 0.6 is 0 Å². The van der Waals surface area contributed by atoms with E-state index in [1.165, 1.54) is 12.0 Å². The fourth-order valence-electron chi connectivity index (χ4n) is 2.83. The highest BCUT2D eigenvalue weighted by Crippen LogP contribution is 2.30. The zero-order chi connectivity index (χ0) is 23.2. The summed E-state index contributed by atoms with van der Waals surface area (Å²) in [4.78, 5) is 35.9. The van der Waals surface area contributed by atoms with Gasteiger partial charge in [-0.25, -0.2) is 8.42 Å². The Morgan fingerprint density at radius 1 is 1.03 bits per heavy atom. The molecule has 1 heterocycles. The molecule has 2 rings (SSSR count). The Bertz CT molecular complexity index is 910. The van der Waals surface area contributed by atoms with E-state index in [4.69, 9.17) is 0 Å². The number of carbonyl (C=O) groups is 3. The lowest BCUT2D eigenvalue weighted by atomic mass is 10.2. The van der Waals surface area contributed by atoms with Crippen LogP contribution in [-0.2, 0) is 35.3 Å². The van der Waals surface area contributed by atoms with Crippen LogP contribution in [0.25, 0.3) is 0 Å². The summed E-state index contributed by atoms with van der Waals surface area (Å²) in [5, 5.41) is 2.38. The second kappa shape index (κ2) is 10.1. The number of hydrogen-bond donors (Lipinski definition) is 1. The van der Waals surface area contributed by atoms with Crippen LogP contribution in [0.3, 0.4) is 0 Å². The van der Waals surface area contributed by atoms with Crippen LogP contribution in [0.1, 0.15) is 18.4 Å². The van der Waals surface area contributed by atoms with Crippen LogP contribution in [0, 0.1) is 0 Å². The number of hydrogen-bond acceptors (Lipinski definition) is 6. The summed E-state index contributed by atoms with van der Waals surface area (Å²) in [6.07, 6.45) is -4.81. The van der Waals surface area contributed by atoms with Crippen molar-refractivity contribution in [2.45, 2.75) is 23.9 Å². The van der Waals surface area contributed by atoms with Crippen LogP contribution < -0.4 is 5.32 Å². The normalized spacial score (nSPS) is 15.4. The maximum atomic E-state index is 12.7. The van der Waals surface area contributed by atoms with Gasteiger partial charge in [-0.05, 0) is 24.3 Å². The molecule has 0 aliphatic carbocycles. The van der Waals surface area contributed by atoms with Gasteiger partial charge in [0, 0.05) is 32.6 Å². The smallest absolute Gasteiger partial charge is 0.416 e. The number of alkyl halides is 3. The van der Waals surface area contributed by atoms with Gasteiger partial charge in [-0.2, -0.15) is 17.5 Å². The van der Waals surface area contributed by atoms with Crippen molar-refractivity contribution in [3.63, 3.8) is 0 Å².